The summed E-state index contributed by atoms with van der Waals surface area (Å²) in [4.78, 5) is 55.8. The van der Waals surface area contributed by atoms with Gasteiger partial charge in [0.15, 0.2) is 18.7 Å². The molecule has 0 radical (unpaired) electrons. The molecule has 18 atom stereocenters. The van der Waals surface area contributed by atoms with Crippen molar-refractivity contribution in [3.8, 4) is 0 Å². The largest absolute Gasteiger partial charge is 0.459 e. The highest BCUT2D eigenvalue weighted by molar-refractivity contribution is 5.83. The number of hydrogen-bond acceptors (Lipinski definition) is 16. The lowest BCUT2D eigenvalue weighted by atomic mass is 9.74. The van der Waals surface area contributed by atoms with E-state index in [4.69, 9.17) is 37.9 Å². The van der Waals surface area contributed by atoms with Gasteiger partial charge in [-0.2, -0.15) is 0 Å². The van der Waals surface area contributed by atoms with Gasteiger partial charge < -0.3 is 68.7 Å². The number of carbonyl (C=O) groups excluding carboxylic acids is 4. The topological polar surface area (TPSA) is 230 Å². The van der Waals surface area contributed by atoms with E-state index in [9.17, 15) is 34.5 Å². The Morgan fingerprint density at radius 3 is 2.04 bits per heavy atom. The van der Waals surface area contributed by atoms with E-state index in [-0.39, 0.29) is 43.1 Å². The smallest absolute Gasteiger partial charge is 0.407 e. The Bertz CT molecular complexity index is 1570. The van der Waals surface area contributed by atoms with Crippen molar-refractivity contribution in [3.63, 3.8) is 0 Å². The van der Waals surface area contributed by atoms with Gasteiger partial charge in [0.05, 0.1) is 42.0 Å². The van der Waals surface area contributed by atoms with Gasteiger partial charge in [0, 0.05) is 63.9 Å². The Labute approximate surface area is 400 Å². The molecule has 0 spiro atoms. The van der Waals surface area contributed by atoms with E-state index in [1.165, 1.54) is 21.1 Å². The first-order valence-corrected chi connectivity index (χ1v) is 24.7. The van der Waals surface area contributed by atoms with E-state index in [1.807, 2.05) is 32.8 Å². The van der Waals surface area contributed by atoms with E-state index in [0.29, 0.717) is 38.8 Å². The molecule has 0 unspecified atom stereocenters. The number of aliphatic hydroxyl groups is 3. The highest BCUT2D eigenvalue weighted by Crippen LogP contribution is 2.42. The third-order valence-corrected chi connectivity index (χ3v) is 14.7. The molecule has 0 aromatic carbocycles. The van der Waals surface area contributed by atoms with Gasteiger partial charge in [0.25, 0.3) is 0 Å². The van der Waals surface area contributed by atoms with Crippen LogP contribution in [-0.4, -0.2) is 170 Å². The van der Waals surface area contributed by atoms with Gasteiger partial charge in [0.1, 0.15) is 29.2 Å². The van der Waals surface area contributed by atoms with Gasteiger partial charge in [-0.15, -0.1) is 0 Å². The van der Waals surface area contributed by atoms with Crippen LogP contribution in [0.1, 0.15) is 140 Å². The van der Waals surface area contributed by atoms with Crippen molar-refractivity contribution in [2.24, 2.45) is 23.7 Å². The average Bonchev–Trinajstić information content (AvgIpc) is 3.27. The Balaban J connectivity index is 1.99. The van der Waals surface area contributed by atoms with E-state index in [2.05, 4.69) is 17.6 Å². The van der Waals surface area contributed by atoms with Crippen LogP contribution in [0.15, 0.2) is 0 Å². The van der Waals surface area contributed by atoms with Gasteiger partial charge in [-0.1, -0.05) is 47.5 Å². The maximum atomic E-state index is 14.5. The van der Waals surface area contributed by atoms with Crippen LogP contribution in [0, 0.1) is 23.7 Å². The van der Waals surface area contributed by atoms with Gasteiger partial charge in [-0.05, 0) is 94.2 Å². The SMILES string of the molecule is CCCCNC(=O)CCCCCNC(=O)O[C@H]1[C@H](C)O[C@@H](O[C@H]2[C@H](C)[C@@H](O[C@@H]3O[C@H](C)C[C@H](N(C)C)[C@H]3O)[C@](C)(OC)C[C@@H](C)C(=O)[C@H](C)[C@@H](O)[C@](C)(O)[C@@H](CC)OC(=O)[C@@H]2C)C[C@@]1(C)OC. The van der Waals surface area contributed by atoms with Crippen LogP contribution in [0.5, 0.6) is 0 Å². The highest BCUT2D eigenvalue weighted by Gasteiger charge is 2.55. The first kappa shape index (κ1) is 58.8. The Morgan fingerprint density at radius 1 is 0.821 bits per heavy atom. The molecule has 3 heterocycles. The maximum absolute atomic E-state index is 14.5. The molecule has 3 aliphatic rings. The lowest BCUT2D eigenvalue weighted by Crippen LogP contribution is -2.62. The molecule has 18 heteroatoms. The van der Waals surface area contributed by atoms with E-state index < -0.39 is 108 Å². The third-order valence-electron chi connectivity index (χ3n) is 14.7. The molecule has 0 aromatic heterocycles. The standard InChI is InChI=1S/C49H89N3O15/c1-16-18-23-50-36(53)22-20-19-21-24-51-46(58)67-43-33(8)63-37(27-48(43,10)61-15)65-40-31(6)42(66-45-39(55)34(52(12)13)25-29(4)62-45)47(9,60-14)26-28(3)38(54)30(5)41(56)49(11,59)35(17-2)64-44(57)32(40)7/h28-35,37,39-43,45,55-56,59H,16-27H2,1-15H3,(H,50,53)(H,51,58)/t28-,29-,30+,31+,32-,33+,34+,35-,37+,39-,40+,41-,42-,43+,45+,47-,48-,49-/m1/s1. The summed E-state index contributed by atoms with van der Waals surface area (Å²) in [6.45, 7) is 20.1. The predicted octanol–water partition coefficient (Wildman–Crippen LogP) is 4.65. The van der Waals surface area contributed by atoms with Crippen LogP contribution >= 0.6 is 0 Å². The fourth-order valence-corrected chi connectivity index (χ4v) is 10.2. The molecule has 3 aliphatic heterocycles. The number of carbonyl (C=O) groups is 4. The zero-order chi connectivity index (χ0) is 50.6. The predicted molar refractivity (Wildman–Crippen MR) is 250 cm³/mol. The number of unbranched alkanes of at least 4 members (excludes halogenated alkanes) is 3. The van der Waals surface area contributed by atoms with Crippen molar-refractivity contribution in [2.75, 3.05) is 41.4 Å². The quantitative estimate of drug-likeness (QED) is 0.0930. The summed E-state index contributed by atoms with van der Waals surface area (Å²) in [6.07, 6.45) is -5.50. The van der Waals surface area contributed by atoms with Crippen LogP contribution in [0.4, 0.5) is 4.79 Å². The minimum absolute atomic E-state index is 0.0276. The van der Waals surface area contributed by atoms with Gasteiger partial charge in [0.2, 0.25) is 5.91 Å². The number of amides is 2. The molecule has 5 N–H and O–H groups in total. The number of aliphatic hydroxyl groups excluding tert-OH is 2. The molecular formula is C49H89N3O15. The van der Waals surface area contributed by atoms with Crippen LogP contribution in [0.2, 0.25) is 0 Å². The van der Waals surface area contributed by atoms with Crippen LogP contribution in [0.3, 0.4) is 0 Å². The zero-order valence-electron chi connectivity index (χ0n) is 43.3. The minimum atomic E-state index is -2.01. The number of methoxy groups -OCH3 is 2. The van der Waals surface area contributed by atoms with Crippen molar-refractivity contribution in [2.45, 2.75) is 225 Å². The number of ether oxygens (including phenoxy) is 8. The van der Waals surface area contributed by atoms with E-state index >= 15 is 0 Å². The first-order chi connectivity index (χ1) is 31.3. The summed E-state index contributed by atoms with van der Waals surface area (Å²) >= 11 is 0. The molecule has 0 bridgehead atoms. The Kier molecular flexibility index (Phi) is 22.9. The van der Waals surface area contributed by atoms with Crippen molar-refractivity contribution < 1.29 is 72.4 Å². The molecule has 3 rings (SSSR count). The van der Waals surface area contributed by atoms with Crippen LogP contribution in [-0.2, 0) is 52.3 Å². The molecule has 390 valence electrons. The Hall–Kier alpha value is -2.52. The summed E-state index contributed by atoms with van der Waals surface area (Å²) in [5.41, 5.74) is -4.45. The Morgan fingerprint density at radius 2 is 1.45 bits per heavy atom. The van der Waals surface area contributed by atoms with Crippen molar-refractivity contribution >= 4 is 23.8 Å². The average molecular weight is 960 g/mol. The summed E-state index contributed by atoms with van der Waals surface area (Å²) in [6, 6.07) is -0.320. The summed E-state index contributed by atoms with van der Waals surface area (Å²) < 4.78 is 50.9. The molecule has 67 heavy (non-hydrogen) atoms. The second kappa shape index (κ2) is 26.1. The van der Waals surface area contributed by atoms with Crippen LogP contribution < -0.4 is 10.6 Å². The number of ketones is 1. The van der Waals surface area contributed by atoms with Gasteiger partial charge in [-0.3, -0.25) is 14.4 Å². The molecule has 2 amide bonds. The molecular weight excluding hydrogens is 871 g/mol. The number of alkyl carbamates (subject to hydrolysis) is 1. The van der Waals surface area contributed by atoms with Gasteiger partial charge in [-0.25, -0.2) is 4.79 Å². The number of nitrogens with one attached hydrogen (secondary N) is 2. The van der Waals surface area contributed by atoms with E-state index in [0.717, 1.165) is 19.3 Å². The van der Waals surface area contributed by atoms with Crippen molar-refractivity contribution in [1.29, 1.82) is 0 Å². The highest BCUT2D eigenvalue weighted by atomic mass is 16.7. The normalized spacial score (nSPS) is 40.4. The van der Waals surface area contributed by atoms with E-state index in [1.54, 1.807) is 48.5 Å². The number of esters is 1. The fraction of sp³-hybridized carbons (Fsp3) is 0.918. The summed E-state index contributed by atoms with van der Waals surface area (Å²) in [7, 11) is 6.75. The first-order valence-electron chi connectivity index (χ1n) is 24.7. The second-order valence-electron chi connectivity index (χ2n) is 20.5. The number of nitrogens with zero attached hydrogens (tertiary/aromatic N) is 1. The lowest BCUT2D eigenvalue weighted by Gasteiger charge is -2.50. The minimum Gasteiger partial charge on any atom is -0.459 e. The second-order valence-corrected chi connectivity index (χ2v) is 20.5. The van der Waals surface area contributed by atoms with Gasteiger partial charge >= 0.3 is 12.1 Å². The maximum Gasteiger partial charge on any atom is 0.407 e. The molecule has 0 aliphatic carbocycles. The fourth-order valence-electron chi connectivity index (χ4n) is 10.2. The number of cyclic esters (lactones) is 1. The molecule has 3 saturated heterocycles. The molecule has 18 nitrogen and oxygen atoms in total. The summed E-state index contributed by atoms with van der Waals surface area (Å²) in [5, 5.41) is 40.8. The molecule has 3 fully saturated rings. The number of Topliss-reactive ketones (excluding diaryl/α,β-unsaturated/α-hetero) is 1. The number of likely N-dealkylation sites (N-methyl/N-ethyl adjacent to an activating group) is 1. The number of rotatable bonds is 18. The summed E-state index contributed by atoms with van der Waals surface area (Å²) in [5.74, 6) is -4.70. The molecule has 0 saturated carbocycles. The lowest BCUT2D eigenvalue weighted by molar-refractivity contribution is -0.319. The van der Waals surface area contributed by atoms with Crippen molar-refractivity contribution in [3.05, 3.63) is 0 Å². The number of hydrogen-bond donors (Lipinski definition) is 5. The van der Waals surface area contributed by atoms with Crippen LogP contribution in [0.25, 0.3) is 0 Å². The monoisotopic (exact) mass is 960 g/mol. The molecule has 0 aromatic rings. The third kappa shape index (κ3) is 15.2. The zero-order valence-corrected chi connectivity index (χ0v) is 43.3. The van der Waals surface area contributed by atoms with Crippen molar-refractivity contribution in [1.82, 2.24) is 15.5 Å².